The van der Waals surface area contributed by atoms with Gasteiger partial charge in [0.15, 0.2) is 0 Å². The van der Waals surface area contributed by atoms with E-state index in [-0.39, 0.29) is 5.41 Å². The van der Waals surface area contributed by atoms with Gasteiger partial charge in [-0.2, -0.15) is 5.26 Å². The van der Waals surface area contributed by atoms with E-state index < -0.39 is 0 Å². The Morgan fingerprint density at radius 3 is 2.07 bits per heavy atom. The third-order valence-corrected chi connectivity index (χ3v) is 2.41. The molecule has 0 saturated carbocycles. The molecule has 2 nitrogen and oxygen atoms in total. The van der Waals surface area contributed by atoms with E-state index in [1.165, 1.54) is 25.7 Å². The summed E-state index contributed by atoms with van der Waals surface area (Å²) in [7, 11) is 0. The lowest BCUT2D eigenvalue weighted by atomic mass is 9.95. The molecule has 14 heavy (non-hydrogen) atoms. The molecule has 82 valence electrons. The van der Waals surface area contributed by atoms with Crippen molar-refractivity contribution in [2.45, 2.75) is 59.4 Å². The molecule has 0 rings (SSSR count). The fourth-order valence-corrected chi connectivity index (χ4v) is 1.48. The van der Waals surface area contributed by atoms with Crippen LogP contribution in [0.2, 0.25) is 0 Å². The Morgan fingerprint density at radius 2 is 1.71 bits per heavy atom. The van der Waals surface area contributed by atoms with Gasteiger partial charge < -0.3 is 5.32 Å². The van der Waals surface area contributed by atoms with Crippen molar-refractivity contribution in [1.82, 2.24) is 5.32 Å². The molecule has 0 radical (unpaired) electrons. The molecule has 0 atom stereocenters. The van der Waals surface area contributed by atoms with Gasteiger partial charge in [-0.15, -0.1) is 0 Å². The van der Waals surface area contributed by atoms with Gasteiger partial charge in [0.2, 0.25) is 0 Å². The second-order valence-corrected chi connectivity index (χ2v) is 4.65. The smallest absolute Gasteiger partial charge is 0.0697 e. The summed E-state index contributed by atoms with van der Waals surface area (Å²) in [6, 6.07) is 2.91. The van der Waals surface area contributed by atoms with Crippen LogP contribution in [0, 0.1) is 16.7 Å². The van der Waals surface area contributed by atoms with Gasteiger partial charge in [0, 0.05) is 12.6 Å². The first-order valence-electron chi connectivity index (χ1n) is 5.70. The average Bonchev–Trinajstić information content (AvgIpc) is 2.15. The Morgan fingerprint density at radius 1 is 1.21 bits per heavy atom. The molecule has 0 aliphatic heterocycles. The lowest BCUT2D eigenvalue weighted by Gasteiger charge is -2.22. The van der Waals surface area contributed by atoms with Gasteiger partial charge >= 0.3 is 0 Å². The van der Waals surface area contributed by atoms with Crippen LogP contribution in [0.4, 0.5) is 0 Å². The quantitative estimate of drug-likeness (QED) is 0.679. The van der Waals surface area contributed by atoms with Gasteiger partial charge in [0.05, 0.1) is 11.5 Å². The summed E-state index contributed by atoms with van der Waals surface area (Å²) in [6.45, 7) is 9.18. The molecule has 0 amide bonds. The van der Waals surface area contributed by atoms with Gasteiger partial charge in [-0.1, -0.05) is 26.7 Å². The van der Waals surface area contributed by atoms with Crippen molar-refractivity contribution in [2.24, 2.45) is 5.41 Å². The van der Waals surface area contributed by atoms with E-state index >= 15 is 0 Å². The SMILES string of the molecule is CCCC(CCC)NCC(C)(C)C#N. The Bertz CT molecular complexity index is 173. The average molecular weight is 196 g/mol. The van der Waals surface area contributed by atoms with Crippen LogP contribution in [0.3, 0.4) is 0 Å². The number of nitrogens with one attached hydrogen (secondary N) is 1. The summed E-state index contributed by atoms with van der Waals surface area (Å²) < 4.78 is 0. The molecule has 0 bridgehead atoms. The lowest BCUT2D eigenvalue weighted by molar-refractivity contribution is 0.370. The van der Waals surface area contributed by atoms with Crippen LogP contribution in [0.25, 0.3) is 0 Å². The van der Waals surface area contributed by atoms with Gasteiger partial charge in [-0.25, -0.2) is 0 Å². The number of hydrogen-bond donors (Lipinski definition) is 1. The van der Waals surface area contributed by atoms with E-state index in [1.807, 2.05) is 13.8 Å². The summed E-state index contributed by atoms with van der Waals surface area (Å²) in [5.41, 5.74) is -0.236. The van der Waals surface area contributed by atoms with Gasteiger partial charge in [0.25, 0.3) is 0 Å². The predicted molar refractivity (Wildman–Crippen MR) is 61.0 cm³/mol. The molecule has 0 aromatic heterocycles. The monoisotopic (exact) mass is 196 g/mol. The topological polar surface area (TPSA) is 35.8 Å². The highest BCUT2D eigenvalue weighted by atomic mass is 14.9. The van der Waals surface area contributed by atoms with Gasteiger partial charge in [-0.3, -0.25) is 0 Å². The molecular weight excluding hydrogens is 172 g/mol. The minimum atomic E-state index is -0.236. The Labute approximate surface area is 88.7 Å². The summed E-state index contributed by atoms with van der Waals surface area (Å²) in [5.74, 6) is 0. The standard InChI is InChI=1S/C12H24N2/c1-5-7-11(8-6-2)14-10-12(3,4)9-13/h11,14H,5-8,10H2,1-4H3. The van der Waals surface area contributed by atoms with Crippen LogP contribution in [0.5, 0.6) is 0 Å². The number of hydrogen-bond acceptors (Lipinski definition) is 2. The molecule has 0 aromatic carbocycles. The molecule has 0 aliphatic rings. The van der Waals surface area contributed by atoms with Crippen LogP contribution in [0.15, 0.2) is 0 Å². The first-order valence-corrected chi connectivity index (χ1v) is 5.70. The Hall–Kier alpha value is -0.550. The number of nitrogens with zero attached hydrogens (tertiary/aromatic N) is 1. The summed E-state index contributed by atoms with van der Waals surface area (Å²) in [6.07, 6.45) is 4.86. The number of rotatable bonds is 7. The fraction of sp³-hybridized carbons (Fsp3) is 0.917. The van der Waals surface area contributed by atoms with E-state index in [4.69, 9.17) is 5.26 Å². The minimum absolute atomic E-state index is 0.236. The van der Waals surface area contributed by atoms with Crippen LogP contribution in [-0.2, 0) is 0 Å². The van der Waals surface area contributed by atoms with Crippen LogP contribution >= 0.6 is 0 Å². The molecule has 0 fully saturated rings. The maximum absolute atomic E-state index is 8.88. The lowest BCUT2D eigenvalue weighted by Crippen LogP contribution is -2.36. The largest absolute Gasteiger partial charge is 0.312 e. The van der Waals surface area contributed by atoms with E-state index in [2.05, 4.69) is 25.2 Å². The molecule has 2 heteroatoms. The normalized spacial score (nSPS) is 11.7. The Kier molecular flexibility index (Phi) is 6.57. The molecule has 0 spiro atoms. The maximum Gasteiger partial charge on any atom is 0.0697 e. The van der Waals surface area contributed by atoms with E-state index in [0.717, 1.165) is 6.54 Å². The van der Waals surface area contributed by atoms with E-state index in [9.17, 15) is 0 Å². The van der Waals surface area contributed by atoms with Crippen molar-refractivity contribution < 1.29 is 0 Å². The molecule has 1 N–H and O–H groups in total. The molecule has 0 aliphatic carbocycles. The summed E-state index contributed by atoms with van der Waals surface area (Å²) in [5, 5.41) is 12.4. The molecular formula is C12H24N2. The first kappa shape index (κ1) is 13.4. The van der Waals surface area contributed by atoms with Crippen molar-refractivity contribution in [3.8, 4) is 6.07 Å². The van der Waals surface area contributed by atoms with Crippen LogP contribution in [-0.4, -0.2) is 12.6 Å². The van der Waals surface area contributed by atoms with Crippen molar-refractivity contribution >= 4 is 0 Å². The minimum Gasteiger partial charge on any atom is -0.312 e. The molecule has 0 unspecified atom stereocenters. The summed E-state index contributed by atoms with van der Waals surface area (Å²) in [4.78, 5) is 0. The third-order valence-electron chi connectivity index (χ3n) is 2.41. The zero-order valence-corrected chi connectivity index (χ0v) is 10.1. The van der Waals surface area contributed by atoms with Crippen molar-refractivity contribution in [2.75, 3.05) is 6.54 Å². The fourth-order valence-electron chi connectivity index (χ4n) is 1.48. The zero-order valence-electron chi connectivity index (χ0n) is 10.1. The second kappa shape index (κ2) is 6.84. The van der Waals surface area contributed by atoms with E-state index in [1.54, 1.807) is 0 Å². The zero-order chi connectivity index (χ0) is 11.0. The second-order valence-electron chi connectivity index (χ2n) is 4.65. The first-order chi connectivity index (χ1) is 6.55. The molecule has 0 aromatic rings. The Balaban J connectivity index is 3.87. The van der Waals surface area contributed by atoms with Gasteiger partial charge in [-0.05, 0) is 26.7 Å². The third kappa shape index (κ3) is 5.99. The van der Waals surface area contributed by atoms with Crippen LogP contribution < -0.4 is 5.32 Å². The number of nitriles is 1. The van der Waals surface area contributed by atoms with Crippen molar-refractivity contribution in [3.63, 3.8) is 0 Å². The molecule has 0 saturated heterocycles. The van der Waals surface area contributed by atoms with Crippen molar-refractivity contribution in [1.29, 1.82) is 5.26 Å². The van der Waals surface area contributed by atoms with Gasteiger partial charge in [0.1, 0.15) is 0 Å². The van der Waals surface area contributed by atoms with Crippen molar-refractivity contribution in [3.05, 3.63) is 0 Å². The highest BCUT2D eigenvalue weighted by Crippen LogP contribution is 2.13. The highest BCUT2D eigenvalue weighted by molar-refractivity contribution is 4.93. The predicted octanol–water partition coefficient (Wildman–Crippen LogP) is 3.09. The maximum atomic E-state index is 8.88. The highest BCUT2D eigenvalue weighted by Gasteiger charge is 2.17. The molecule has 0 heterocycles. The van der Waals surface area contributed by atoms with E-state index in [0.29, 0.717) is 6.04 Å². The van der Waals surface area contributed by atoms with Crippen LogP contribution in [0.1, 0.15) is 53.4 Å². The summed E-state index contributed by atoms with van der Waals surface area (Å²) >= 11 is 0.